The van der Waals surface area contributed by atoms with Crippen LogP contribution in [0.5, 0.6) is 0 Å². The molecule has 4 rings (SSSR count). The maximum atomic E-state index is 12.1. The fraction of sp³-hybridized carbons (Fsp3) is 0.333. The zero-order valence-corrected chi connectivity index (χ0v) is 19.5. The van der Waals surface area contributed by atoms with Gasteiger partial charge in [0.25, 0.3) is 0 Å². The van der Waals surface area contributed by atoms with Crippen LogP contribution in [-0.4, -0.2) is 60.8 Å². The summed E-state index contributed by atoms with van der Waals surface area (Å²) in [6.45, 7) is 5.33. The molecule has 158 valence electrons. The third-order valence-electron chi connectivity index (χ3n) is 4.92. The molecule has 5 nitrogen and oxygen atoms in total. The highest BCUT2D eigenvalue weighted by Gasteiger charge is 2.19. The van der Waals surface area contributed by atoms with Gasteiger partial charge in [-0.05, 0) is 42.5 Å². The van der Waals surface area contributed by atoms with Crippen LogP contribution in [0.4, 0.5) is 5.13 Å². The summed E-state index contributed by atoms with van der Waals surface area (Å²) < 4.78 is 1.12. The molecule has 9 heteroatoms. The summed E-state index contributed by atoms with van der Waals surface area (Å²) in [7, 11) is 0. The van der Waals surface area contributed by atoms with Crippen LogP contribution in [0.1, 0.15) is 0 Å². The Morgan fingerprint density at radius 2 is 1.80 bits per heavy atom. The quantitative estimate of drug-likeness (QED) is 0.499. The first kappa shape index (κ1) is 21.7. The molecule has 1 fully saturated rings. The van der Waals surface area contributed by atoms with E-state index in [0.717, 1.165) is 58.0 Å². The fourth-order valence-corrected chi connectivity index (χ4v) is 5.42. The Hall–Kier alpha value is -1.51. The third-order valence-corrected chi connectivity index (χ3v) is 7.49. The van der Waals surface area contributed by atoms with Crippen LogP contribution in [0, 0.1) is 0 Å². The van der Waals surface area contributed by atoms with E-state index in [1.807, 2.05) is 42.5 Å². The molecule has 0 atom stereocenters. The molecule has 1 N–H and O–H groups in total. The number of carbonyl (C=O) groups is 1. The second-order valence-corrected chi connectivity index (χ2v) is 9.96. The van der Waals surface area contributed by atoms with Gasteiger partial charge in [0.15, 0.2) is 5.13 Å². The van der Waals surface area contributed by atoms with Crippen LogP contribution >= 0.6 is 46.3 Å². The lowest BCUT2D eigenvalue weighted by Gasteiger charge is -2.34. The summed E-state index contributed by atoms with van der Waals surface area (Å²) in [5.41, 5.74) is 1.00. The van der Waals surface area contributed by atoms with Crippen molar-refractivity contribution in [2.45, 2.75) is 4.90 Å². The number of amides is 1. The first-order valence-corrected chi connectivity index (χ1v) is 12.3. The summed E-state index contributed by atoms with van der Waals surface area (Å²) >= 11 is 15.2. The molecule has 0 bridgehead atoms. The van der Waals surface area contributed by atoms with Gasteiger partial charge in [-0.2, -0.15) is 0 Å². The molecule has 0 saturated carbocycles. The predicted octanol–water partition coefficient (Wildman–Crippen LogP) is 4.63. The van der Waals surface area contributed by atoms with Gasteiger partial charge in [0.1, 0.15) is 0 Å². The Kier molecular flexibility index (Phi) is 7.38. The number of anilines is 1. The van der Waals surface area contributed by atoms with Crippen LogP contribution in [-0.2, 0) is 4.79 Å². The first-order valence-electron chi connectivity index (χ1n) is 9.75. The van der Waals surface area contributed by atoms with Crippen molar-refractivity contribution in [2.75, 3.05) is 49.9 Å². The van der Waals surface area contributed by atoms with Crippen molar-refractivity contribution >= 4 is 67.6 Å². The number of thiazole rings is 1. The maximum Gasteiger partial charge on any atom is 0.230 e. The number of nitrogens with zero attached hydrogens (tertiary/aromatic N) is 3. The largest absolute Gasteiger partial charge is 0.354 e. The Balaban J connectivity index is 1.16. The molecule has 1 saturated heterocycles. The molecular formula is C21H22Cl2N4OS2. The highest BCUT2D eigenvalue weighted by molar-refractivity contribution is 8.00. The SMILES string of the molecule is O=C(CSc1ccc(Cl)cc1)NCCN1CCN(c2nc3ccc(Cl)cc3s2)CC1. The number of piperazine rings is 1. The van der Waals surface area contributed by atoms with Crippen molar-refractivity contribution in [3.8, 4) is 0 Å². The standard InChI is InChI=1S/C21H22Cl2N4OS2/c22-15-1-4-17(5-2-15)29-14-20(28)24-7-8-26-9-11-27(12-10-26)21-25-18-6-3-16(23)13-19(18)30-21/h1-6,13H,7-12,14H2,(H,24,28). The average Bonchev–Trinajstić information content (AvgIpc) is 3.17. The van der Waals surface area contributed by atoms with Crippen molar-refractivity contribution < 1.29 is 4.79 Å². The molecule has 2 heterocycles. The molecule has 1 aliphatic heterocycles. The number of aromatic nitrogens is 1. The lowest BCUT2D eigenvalue weighted by molar-refractivity contribution is -0.118. The number of carbonyl (C=O) groups excluding carboxylic acids is 1. The topological polar surface area (TPSA) is 48.5 Å². The summed E-state index contributed by atoms with van der Waals surface area (Å²) in [6.07, 6.45) is 0. The van der Waals surface area contributed by atoms with Crippen molar-refractivity contribution in [2.24, 2.45) is 0 Å². The average molecular weight is 481 g/mol. The molecule has 0 spiro atoms. The number of thioether (sulfide) groups is 1. The minimum Gasteiger partial charge on any atom is -0.354 e. The van der Waals surface area contributed by atoms with E-state index in [4.69, 9.17) is 28.2 Å². The van der Waals surface area contributed by atoms with E-state index in [0.29, 0.717) is 17.3 Å². The first-order chi connectivity index (χ1) is 14.6. The zero-order valence-electron chi connectivity index (χ0n) is 16.3. The van der Waals surface area contributed by atoms with Crippen LogP contribution in [0.25, 0.3) is 10.2 Å². The van der Waals surface area contributed by atoms with Gasteiger partial charge in [-0.1, -0.05) is 34.5 Å². The molecule has 0 aliphatic carbocycles. The van der Waals surface area contributed by atoms with E-state index in [9.17, 15) is 4.79 Å². The van der Waals surface area contributed by atoms with Crippen LogP contribution in [0.15, 0.2) is 47.4 Å². The lowest BCUT2D eigenvalue weighted by atomic mass is 10.3. The molecule has 1 amide bonds. The molecule has 3 aromatic rings. The number of nitrogens with one attached hydrogen (secondary N) is 1. The van der Waals surface area contributed by atoms with Crippen molar-refractivity contribution in [3.05, 3.63) is 52.5 Å². The number of hydrogen-bond donors (Lipinski definition) is 1. The Morgan fingerprint density at radius 1 is 1.07 bits per heavy atom. The monoisotopic (exact) mass is 480 g/mol. The van der Waals surface area contributed by atoms with E-state index in [2.05, 4.69) is 15.1 Å². The molecule has 0 radical (unpaired) electrons. The van der Waals surface area contributed by atoms with Crippen molar-refractivity contribution in [1.29, 1.82) is 0 Å². The second-order valence-electron chi connectivity index (χ2n) is 7.03. The van der Waals surface area contributed by atoms with E-state index < -0.39 is 0 Å². The summed E-state index contributed by atoms with van der Waals surface area (Å²) in [6, 6.07) is 13.4. The molecule has 1 aliphatic rings. The van der Waals surface area contributed by atoms with Gasteiger partial charge >= 0.3 is 0 Å². The Labute approximate surface area is 194 Å². The molecular weight excluding hydrogens is 459 g/mol. The lowest BCUT2D eigenvalue weighted by Crippen LogP contribution is -2.48. The highest BCUT2D eigenvalue weighted by Crippen LogP contribution is 2.31. The van der Waals surface area contributed by atoms with E-state index in [1.54, 1.807) is 11.3 Å². The molecule has 1 aromatic heterocycles. The van der Waals surface area contributed by atoms with Gasteiger partial charge in [-0.3, -0.25) is 9.69 Å². The third kappa shape index (κ3) is 5.80. The molecule has 30 heavy (non-hydrogen) atoms. The molecule has 0 unspecified atom stereocenters. The number of hydrogen-bond acceptors (Lipinski definition) is 6. The summed E-state index contributed by atoms with van der Waals surface area (Å²) in [4.78, 5) is 22.6. The number of benzene rings is 2. The van der Waals surface area contributed by atoms with Crippen molar-refractivity contribution in [3.63, 3.8) is 0 Å². The Morgan fingerprint density at radius 3 is 2.57 bits per heavy atom. The van der Waals surface area contributed by atoms with Gasteiger partial charge in [0, 0.05) is 54.2 Å². The van der Waals surface area contributed by atoms with Crippen molar-refractivity contribution in [1.82, 2.24) is 15.2 Å². The van der Waals surface area contributed by atoms with Gasteiger partial charge in [-0.25, -0.2) is 4.98 Å². The van der Waals surface area contributed by atoms with Crippen LogP contribution < -0.4 is 10.2 Å². The van der Waals surface area contributed by atoms with Crippen LogP contribution in [0.3, 0.4) is 0 Å². The fourth-order valence-electron chi connectivity index (χ4n) is 3.27. The number of halogens is 2. The summed E-state index contributed by atoms with van der Waals surface area (Å²) in [5.74, 6) is 0.471. The maximum absolute atomic E-state index is 12.1. The Bertz CT molecular complexity index is 1000. The normalized spacial score (nSPS) is 14.9. The van der Waals surface area contributed by atoms with Crippen LogP contribution in [0.2, 0.25) is 10.0 Å². The van der Waals surface area contributed by atoms with Gasteiger partial charge in [0.05, 0.1) is 16.0 Å². The van der Waals surface area contributed by atoms with E-state index >= 15 is 0 Å². The van der Waals surface area contributed by atoms with E-state index in [1.165, 1.54) is 11.8 Å². The van der Waals surface area contributed by atoms with E-state index in [-0.39, 0.29) is 5.91 Å². The second kappa shape index (κ2) is 10.2. The van der Waals surface area contributed by atoms with Gasteiger partial charge < -0.3 is 10.2 Å². The number of fused-ring (bicyclic) bond motifs is 1. The zero-order chi connectivity index (χ0) is 20.9. The minimum atomic E-state index is 0.0572. The smallest absolute Gasteiger partial charge is 0.230 e. The predicted molar refractivity (Wildman–Crippen MR) is 128 cm³/mol. The summed E-state index contributed by atoms with van der Waals surface area (Å²) in [5, 5.41) is 5.52. The molecule has 2 aromatic carbocycles. The van der Waals surface area contributed by atoms with Gasteiger partial charge in [-0.15, -0.1) is 11.8 Å². The number of rotatable bonds is 7. The minimum absolute atomic E-state index is 0.0572. The highest BCUT2D eigenvalue weighted by atomic mass is 35.5. The van der Waals surface area contributed by atoms with Gasteiger partial charge in [0.2, 0.25) is 5.91 Å².